The smallest absolute Gasteiger partial charge is 0.193 e. The Morgan fingerprint density at radius 3 is 2.65 bits per heavy atom. The summed E-state index contributed by atoms with van der Waals surface area (Å²) in [5, 5.41) is 4.23. The first kappa shape index (κ1) is 20.6. The van der Waals surface area contributed by atoms with Gasteiger partial charge in [0.25, 0.3) is 0 Å². The van der Waals surface area contributed by atoms with Crippen molar-refractivity contribution >= 4 is 41.5 Å². The molecule has 1 fully saturated rings. The van der Waals surface area contributed by atoms with Gasteiger partial charge in [-0.05, 0) is 25.5 Å². The molecule has 0 spiro atoms. The Balaban J connectivity index is 0.00000264. The molecule has 1 N–H and O–H groups in total. The van der Waals surface area contributed by atoms with E-state index in [1.165, 1.54) is 18.5 Å². The number of nitrogens with one attached hydrogen (secondary N) is 1. The molecule has 0 saturated heterocycles. The zero-order chi connectivity index (χ0) is 16.1. The van der Waals surface area contributed by atoms with Crippen LogP contribution >= 0.6 is 35.6 Å². The summed E-state index contributed by atoms with van der Waals surface area (Å²) < 4.78 is 2.05. The van der Waals surface area contributed by atoms with Gasteiger partial charge in [-0.25, -0.2) is 0 Å². The van der Waals surface area contributed by atoms with Gasteiger partial charge in [0.2, 0.25) is 0 Å². The van der Waals surface area contributed by atoms with Crippen LogP contribution in [0.15, 0.2) is 17.3 Å². The molecule has 2 rings (SSSR count). The Kier molecular flexibility index (Phi) is 8.71. The number of hydrogen-bond donors (Lipinski definition) is 1. The highest BCUT2D eigenvalue weighted by Gasteiger charge is 2.27. The fourth-order valence-corrected chi connectivity index (χ4v) is 3.05. The van der Waals surface area contributed by atoms with Gasteiger partial charge in [-0.3, -0.25) is 9.89 Å². The molecule has 1 aliphatic carbocycles. The fourth-order valence-electron chi connectivity index (χ4n) is 2.78. The van der Waals surface area contributed by atoms with Crippen molar-refractivity contribution in [2.75, 3.05) is 33.7 Å². The highest BCUT2D eigenvalue weighted by Crippen LogP contribution is 2.25. The average Bonchev–Trinajstić information content (AvgIpc) is 3.26. The number of hydrogen-bond acceptors (Lipinski definition) is 2. The van der Waals surface area contributed by atoms with E-state index >= 15 is 0 Å². The summed E-state index contributed by atoms with van der Waals surface area (Å²) in [7, 11) is 5.89. The van der Waals surface area contributed by atoms with E-state index in [2.05, 4.69) is 38.6 Å². The Bertz CT molecular complexity index is 513. The summed E-state index contributed by atoms with van der Waals surface area (Å²) in [6, 6.07) is 2.81. The molecule has 1 saturated carbocycles. The number of halogens is 2. The van der Waals surface area contributed by atoms with E-state index in [9.17, 15) is 0 Å². The molecule has 0 radical (unpaired) electrons. The lowest BCUT2D eigenvalue weighted by Gasteiger charge is -2.24. The Morgan fingerprint density at radius 1 is 1.48 bits per heavy atom. The average molecular weight is 454 g/mol. The number of aryl methyl sites for hydroxylation is 1. The normalized spacial score (nSPS) is 14.8. The maximum Gasteiger partial charge on any atom is 0.193 e. The maximum atomic E-state index is 6.04. The van der Waals surface area contributed by atoms with Gasteiger partial charge < -0.3 is 14.8 Å². The number of nitrogens with zero attached hydrogens (tertiary/aromatic N) is 4. The molecule has 0 aliphatic heterocycles. The largest absolute Gasteiger partial charge is 0.355 e. The zero-order valence-electron chi connectivity index (χ0n) is 14.5. The second-order valence-electron chi connectivity index (χ2n) is 5.95. The molecular formula is C16H29ClIN5. The van der Waals surface area contributed by atoms with Crippen molar-refractivity contribution in [1.29, 1.82) is 0 Å². The Labute approximate surface area is 162 Å². The second-order valence-corrected chi connectivity index (χ2v) is 6.39. The minimum absolute atomic E-state index is 0. The molecule has 0 atom stereocenters. The molecule has 0 amide bonds. The van der Waals surface area contributed by atoms with Crippen LogP contribution in [-0.2, 0) is 13.6 Å². The number of aliphatic imine (C=N–C) groups is 1. The van der Waals surface area contributed by atoms with Crippen LogP contribution in [0.25, 0.3) is 0 Å². The topological polar surface area (TPSA) is 35.8 Å². The third-order valence-electron chi connectivity index (χ3n) is 4.20. The van der Waals surface area contributed by atoms with Crippen LogP contribution in [0, 0.1) is 0 Å². The van der Waals surface area contributed by atoms with E-state index in [4.69, 9.17) is 11.6 Å². The van der Waals surface area contributed by atoms with Crippen molar-refractivity contribution in [3.05, 3.63) is 23.0 Å². The maximum absolute atomic E-state index is 6.04. The van der Waals surface area contributed by atoms with E-state index in [0.29, 0.717) is 0 Å². The van der Waals surface area contributed by atoms with E-state index in [1.54, 1.807) is 0 Å². The summed E-state index contributed by atoms with van der Waals surface area (Å²) in [5.74, 6) is 0.921. The first-order valence-corrected chi connectivity index (χ1v) is 8.39. The molecule has 1 aromatic rings. The minimum atomic E-state index is 0. The predicted octanol–water partition coefficient (Wildman–Crippen LogP) is 2.79. The Hall–Kier alpha value is -0.470. The fraction of sp³-hybridized carbons (Fsp3) is 0.688. The number of aromatic nitrogens is 1. The lowest BCUT2D eigenvalue weighted by Crippen LogP contribution is -2.42. The van der Waals surface area contributed by atoms with Crippen molar-refractivity contribution in [2.24, 2.45) is 12.0 Å². The third-order valence-corrected chi connectivity index (χ3v) is 4.41. The van der Waals surface area contributed by atoms with Crippen LogP contribution in [-0.4, -0.2) is 60.1 Å². The second kappa shape index (κ2) is 9.74. The van der Waals surface area contributed by atoms with Crippen molar-refractivity contribution in [3.8, 4) is 0 Å². The zero-order valence-corrected chi connectivity index (χ0v) is 17.6. The molecule has 5 nitrogen and oxygen atoms in total. The lowest BCUT2D eigenvalue weighted by atomic mass is 10.4. The van der Waals surface area contributed by atoms with E-state index in [1.807, 2.05) is 26.4 Å². The first-order valence-electron chi connectivity index (χ1n) is 8.01. The van der Waals surface area contributed by atoms with Crippen LogP contribution in [0.4, 0.5) is 0 Å². The van der Waals surface area contributed by atoms with E-state index in [-0.39, 0.29) is 24.0 Å². The van der Waals surface area contributed by atoms with Crippen molar-refractivity contribution in [3.63, 3.8) is 0 Å². The van der Waals surface area contributed by atoms with E-state index < -0.39 is 0 Å². The van der Waals surface area contributed by atoms with Gasteiger partial charge in [0.1, 0.15) is 0 Å². The predicted molar refractivity (Wildman–Crippen MR) is 109 cm³/mol. The molecule has 0 bridgehead atoms. The third kappa shape index (κ3) is 6.15. The van der Waals surface area contributed by atoms with Gasteiger partial charge in [0.05, 0.1) is 11.6 Å². The molecule has 0 aromatic carbocycles. The van der Waals surface area contributed by atoms with Crippen LogP contribution in [0.5, 0.6) is 0 Å². The molecule has 23 heavy (non-hydrogen) atoms. The SMILES string of the molecule is CCN(CCNC(=NC)N(C)Cc1cc(Cl)cn1C)C1CC1.I. The van der Waals surface area contributed by atoms with Gasteiger partial charge in [0, 0.05) is 52.2 Å². The highest BCUT2D eigenvalue weighted by atomic mass is 127. The number of guanidine groups is 1. The quantitative estimate of drug-likeness (QED) is 0.392. The van der Waals surface area contributed by atoms with Crippen molar-refractivity contribution in [1.82, 2.24) is 19.7 Å². The molecule has 7 heteroatoms. The van der Waals surface area contributed by atoms with Gasteiger partial charge in [0.15, 0.2) is 5.96 Å². The molecular weight excluding hydrogens is 425 g/mol. The van der Waals surface area contributed by atoms with Gasteiger partial charge in [-0.15, -0.1) is 24.0 Å². The molecule has 1 heterocycles. The van der Waals surface area contributed by atoms with Crippen molar-refractivity contribution in [2.45, 2.75) is 32.4 Å². The molecule has 1 aromatic heterocycles. The first-order chi connectivity index (χ1) is 10.5. The molecule has 1 aliphatic rings. The van der Waals surface area contributed by atoms with Crippen LogP contribution in [0.2, 0.25) is 5.02 Å². The summed E-state index contributed by atoms with van der Waals surface area (Å²) >= 11 is 6.04. The molecule has 132 valence electrons. The standard InChI is InChI=1S/C16H28ClN5.HI/c1-5-22(14-6-7-14)9-8-19-16(18-2)21(4)12-15-10-13(17)11-20(15)3;/h10-11,14H,5-9,12H2,1-4H3,(H,18,19);1H. The molecule has 0 unspecified atom stereocenters. The summed E-state index contributed by atoms with van der Waals surface area (Å²) in [5.41, 5.74) is 1.17. The van der Waals surface area contributed by atoms with Gasteiger partial charge in [-0.2, -0.15) is 0 Å². The minimum Gasteiger partial charge on any atom is -0.355 e. The van der Waals surface area contributed by atoms with E-state index in [0.717, 1.165) is 43.2 Å². The highest BCUT2D eigenvalue weighted by molar-refractivity contribution is 14.0. The summed E-state index contributed by atoms with van der Waals surface area (Å²) in [6.07, 6.45) is 4.64. The number of likely N-dealkylation sites (N-methyl/N-ethyl adjacent to an activating group) is 1. The summed E-state index contributed by atoms with van der Waals surface area (Å²) in [4.78, 5) is 9.04. The lowest BCUT2D eigenvalue weighted by molar-refractivity contribution is 0.280. The number of rotatable bonds is 7. The van der Waals surface area contributed by atoms with Crippen LogP contribution < -0.4 is 5.32 Å². The monoisotopic (exact) mass is 453 g/mol. The summed E-state index contributed by atoms with van der Waals surface area (Å²) in [6.45, 7) is 6.14. The van der Waals surface area contributed by atoms with Gasteiger partial charge in [-0.1, -0.05) is 18.5 Å². The van der Waals surface area contributed by atoms with Crippen LogP contribution in [0.1, 0.15) is 25.5 Å². The Morgan fingerprint density at radius 2 is 2.17 bits per heavy atom. The van der Waals surface area contributed by atoms with Crippen LogP contribution in [0.3, 0.4) is 0 Å². The van der Waals surface area contributed by atoms with Gasteiger partial charge >= 0.3 is 0 Å². The van der Waals surface area contributed by atoms with Crippen molar-refractivity contribution < 1.29 is 0 Å².